The SMILES string of the molecule is CC(C)C[C@H](CN)CC(=O)N1CCC(C(C)(C)C)C1. The molecule has 112 valence electrons. The predicted molar refractivity (Wildman–Crippen MR) is 80.8 cm³/mol. The Bertz CT molecular complexity index is 294. The van der Waals surface area contributed by atoms with Gasteiger partial charge in [0.05, 0.1) is 0 Å². The highest BCUT2D eigenvalue weighted by molar-refractivity contribution is 5.76. The molecule has 1 unspecified atom stereocenters. The van der Waals surface area contributed by atoms with Crippen LogP contribution in [-0.4, -0.2) is 30.4 Å². The van der Waals surface area contributed by atoms with Crippen LogP contribution in [0, 0.1) is 23.2 Å². The van der Waals surface area contributed by atoms with Gasteiger partial charge in [0.25, 0.3) is 0 Å². The molecule has 19 heavy (non-hydrogen) atoms. The van der Waals surface area contributed by atoms with Crippen LogP contribution in [0.15, 0.2) is 0 Å². The van der Waals surface area contributed by atoms with Crippen LogP contribution in [0.5, 0.6) is 0 Å². The highest BCUT2D eigenvalue weighted by atomic mass is 16.2. The van der Waals surface area contributed by atoms with E-state index >= 15 is 0 Å². The lowest BCUT2D eigenvalue weighted by molar-refractivity contribution is -0.131. The molecule has 0 spiro atoms. The zero-order valence-corrected chi connectivity index (χ0v) is 13.4. The van der Waals surface area contributed by atoms with E-state index in [2.05, 4.69) is 39.5 Å². The molecule has 0 bridgehead atoms. The number of hydrogen-bond acceptors (Lipinski definition) is 2. The van der Waals surface area contributed by atoms with E-state index in [1.165, 1.54) is 0 Å². The van der Waals surface area contributed by atoms with Gasteiger partial charge in [-0.1, -0.05) is 34.6 Å². The van der Waals surface area contributed by atoms with Crippen LogP contribution in [0.1, 0.15) is 53.9 Å². The molecule has 1 amide bonds. The number of rotatable bonds is 5. The Morgan fingerprint density at radius 3 is 2.42 bits per heavy atom. The number of hydrogen-bond donors (Lipinski definition) is 1. The summed E-state index contributed by atoms with van der Waals surface area (Å²) >= 11 is 0. The van der Waals surface area contributed by atoms with Crippen molar-refractivity contribution in [1.29, 1.82) is 0 Å². The minimum absolute atomic E-state index is 0.306. The summed E-state index contributed by atoms with van der Waals surface area (Å²) in [4.78, 5) is 14.4. The third kappa shape index (κ3) is 5.13. The van der Waals surface area contributed by atoms with E-state index in [0.717, 1.165) is 25.9 Å². The molecule has 3 heteroatoms. The second-order valence-corrected chi connectivity index (χ2v) is 7.63. The highest BCUT2D eigenvalue weighted by Crippen LogP contribution is 2.34. The number of carbonyl (C=O) groups excluding carboxylic acids is 1. The highest BCUT2D eigenvalue weighted by Gasteiger charge is 2.34. The number of nitrogens with zero attached hydrogens (tertiary/aromatic N) is 1. The van der Waals surface area contributed by atoms with E-state index in [-0.39, 0.29) is 0 Å². The first kappa shape index (κ1) is 16.5. The van der Waals surface area contributed by atoms with E-state index in [1.54, 1.807) is 0 Å². The van der Waals surface area contributed by atoms with Gasteiger partial charge in [-0.05, 0) is 42.6 Å². The topological polar surface area (TPSA) is 46.3 Å². The Kier molecular flexibility index (Phi) is 5.84. The van der Waals surface area contributed by atoms with Gasteiger partial charge in [0.1, 0.15) is 0 Å². The molecule has 0 aromatic carbocycles. The van der Waals surface area contributed by atoms with Crippen LogP contribution in [0.3, 0.4) is 0 Å². The van der Waals surface area contributed by atoms with Crippen molar-refractivity contribution in [2.75, 3.05) is 19.6 Å². The summed E-state index contributed by atoms with van der Waals surface area (Å²) in [5.74, 6) is 1.91. The zero-order chi connectivity index (χ0) is 14.6. The quantitative estimate of drug-likeness (QED) is 0.833. The summed E-state index contributed by atoms with van der Waals surface area (Å²) in [6.45, 7) is 13.7. The Morgan fingerprint density at radius 1 is 1.37 bits per heavy atom. The molecule has 2 N–H and O–H groups in total. The normalized spacial score (nSPS) is 22.1. The summed E-state index contributed by atoms with van der Waals surface area (Å²) in [5.41, 5.74) is 6.10. The molecule has 0 aromatic rings. The molecule has 2 atom stereocenters. The van der Waals surface area contributed by atoms with Crippen molar-refractivity contribution in [3.63, 3.8) is 0 Å². The van der Waals surface area contributed by atoms with Gasteiger partial charge in [-0.25, -0.2) is 0 Å². The standard InChI is InChI=1S/C16H32N2O/c1-12(2)8-13(10-17)9-15(19)18-7-6-14(11-18)16(3,4)5/h12-14H,6-11,17H2,1-5H3/t13-,14?/m0/s1. The summed E-state index contributed by atoms with van der Waals surface area (Å²) < 4.78 is 0. The van der Waals surface area contributed by atoms with E-state index in [0.29, 0.717) is 42.0 Å². The fourth-order valence-corrected chi connectivity index (χ4v) is 3.00. The summed E-state index contributed by atoms with van der Waals surface area (Å²) in [6.07, 6.45) is 2.83. The smallest absolute Gasteiger partial charge is 0.222 e. The lowest BCUT2D eigenvalue weighted by Gasteiger charge is -2.27. The van der Waals surface area contributed by atoms with Crippen molar-refractivity contribution in [3.8, 4) is 0 Å². The van der Waals surface area contributed by atoms with Gasteiger partial charge >= 0.3 is 0 Å². The van der Waals surface area contributed by atoms with E-state index in [1.807, 2.05) is 0 Å². The molecule has 1 heterocycles. The first-order valence-electron chi connectivity index (χ1n) is 7.71. The maximum absolute atomic E-state index is 12.3. The average Bonchev–Trinajstić information content (AvgIpc) is 2.76. The lowest BCUT2D eigenvalue weighted by Crippen LogP contribution is -2.33. The number of amides is 1. The number of likely N-dealkylation sites (tertiary alicyclic amines) is 1. The van der Waals surface area contributed by atoms with E-state index < -0.39 is 0 Å². The number of nitrogens with two attached hydrogens (primary N) is 1. The van der Waals surface area contributed by atoms with Gasteiger partial charge < -0.3 is 10.6 Å². The van der Waals surface area contributed by atoms with Gasteiger partial charge in [0, 0.05) is 19.5 Å². The van der Waals surface area contributed by atoms with Crippen LogP contribution < -0.4 is 5.73 Å². The lowest BCUT2D eigenvalue weighted by atomic mass is 9.80. The molecule has 1 saturated heterocycles. The Morgan fingerprint density at radius 2 is 2.00 bits per heavy atom. The van der Waals surface area contributed by atoms with Crippen LogP contribution in [-0.2, 0) is 4.79 Å². The Labute approximate surface area is 118 Å². The largest absolute Gasteiger partial charge is 0.342 e. The minimum atomic E-state index is 0.306. The van der Waals surface area contributed by atoms with Crippen LogP contribution in [0.2, 0.25) is 0 Å². The molecule has 0 radical (unpaired) electrons. The van der Waals surface area contributed by atoms with Crippen LogP contribution in [0.4, 0.5) is 0 Å². The maximum Gasteiger partial charge on any atom is 0.222 e. The molecule has 1 rings (SSSR count). The Balaban J connectivity index is 2.46. The second-order valence-electron chi connectivity index (χ2n) is 7.63. The van der Waals surface area contributed by atoms with Crippen molar-refractivity contribution in [3.05, 3.63) is 0 Å². The van der Waals surface area contributed by atoms with Crippen LogP contribution in [0.25, 0.3) is 0 Å². The fraction of sp³-hybridized carbons (Fsp3) is 0.938. The third-order valence-electron chi connectivity index (χ3n) is 4.37. The van der Waals surface area contributed by atoms with E-state index in [4.69, 9.17) is 5.73 Å². The predicted octanol–water partition coefficient (Wildman–Crippen LogP) is 2.89. The van der Waals surface area contributed by atoms with E-state index in [9.17, 15) is 4.79 Å². The number of carbonyl (C=O) groups is 1. The Hall–Kier alpha value is -0.570. The summed E-state index contributed by atoms with van der Waals surface area (Å²) in [5, 5.41) is 0. The molecule has 0 saturated carbocycles. The van der Waals surface area contributed by atoms with Crippen molar-refractivity contribution < 1.29 is 4.79 Å². The van der Waals surface area contributed by atoms with Gasteiger partial charge in [-0.3, -0.25) is 4.79 Å². The average molecular weight is 268 g/mol. The van der Waals surface area contributed by atoms with Crippen molar-refractivity contribution >= 4 is 5.91 Å². The first-order chi connectivity index (χ1) is 8.74. The van der Waals surface area contributed by atoms with Crippen molar-refractivity contribution in [1.82, 2.24) is 4.90 Å². The minimum Gasteiger partial charge on any atom is -0.342 e. The monoisotopic (exact) mass is 268 g/mol. The first-order valence-corrected chi connectivity index (χ1v) is 7.71. The van der Waals surface area contributed by atoms with Gasteiger partial charge in [-0.15, -0.1) is 0 Å². The van der Waals surface area contributed by atoms with Crippen molar-refractivity contribution in [2.24, 2.45) is 28.9 Å². The molecule has 1 aliphatic rings. The second kappa shape index (κ2) is 6.74. The molecular formula is C16H32N2O. The molecule has 0 aromatic heterocycles. The van der Waals surface area contributed by atoms with Gasteiger partial charge in [0.15, 0.2) is 0 Å². The van der Waals surface area contributed by atoms with Crippen LogP contribution >= 0.6 is 0 Å². The molecule has 3 nitrogen and oxygen atoms in total. The fourth-order valence-electron chi connectivity index (χ4n) is 3.00. The third-order valence-corrected chi connectivity index (χ3v) is 4.37. The summed E-state index contributed by atoms with van der Waals surface area (Å²) in [7, 11) is 0. The van der Waals surface area contributed by atoms with Gasteiger partial charge in [-0.2, -0.15) is 0 Å². The molecule has 1 fully saturated rings. The van der Waals surface area contributed by atoms with Gasteiger partial charge in [0.2, 0.25) is 5.91 Å². The maximum atomic E-state index is 12.3. The molecular weight excluding hydrogens is 236 g/mol. The summed E-state index contributed by atoms with van der Waals surface area (Å²) in [6, 6.07) is 0. The molecule has 1 aliphatic heterocycles. The zero-order valence-electron chi connectivity index (χ0n) is 13.4. The van der Waals surface area contributed by atoms with Crippen molar-refractivity contribution in [2.45, 2.75) is 53.9 Å². The molecule has 0 aliphatic carbocycles.